The van der Waals surface area contributed by atoms with Gasteiger partial charge in [-0.15, -0.1) is 11.3 Å². The molecular formula is C23H14F2N2O5S. The van der Waals surface area contributed by atoms with Gasteiger partial charge >= 0.3 is 0 Å². The van der Waals surface area contributed by atoms with Gasteiger partial charge in [-0.3, -0.25) is 4.79 Å². The van der Waals surface area contributed by atoms with E-state index in [1.165, 1.54) is 6.07 Å². The number of thiophene rings is 1. The zero-order valence-corrected chi connectivity index (χ0v) is 17.6. The molecule has 2 aromatic carbocycles. The molecule has 0 saturated heterocycles. The van der Waals surface area contributed by atoms with Crippen LogP contribution in [0.25, 0.3) is 21.5 Å². The van der Waals surface area contributed by atoms with Gasteiger partial charge in [0.1, 0.15) is 9.71 Å². The lowest BCUT2D eigenvalue weighted by molar-refractivity contribution is 0.104. The number of halogens is 2. The number of benzene rings is 2. The van der Waals surface area contributed by atoms with E-state index < -0.39 is 12.2 Å². The van der Waals surface area contributed by atoms with E-state index in [1.54, 1.807) is 36.4 Å². The second-order valence-electron chi connectivity index (χ2n) is 7.39. The van der Waals surface area contributed by atoms with Crippen molar-refractivity contribution in [2.45, 2.75) is 6.43 Å². The Kier molecular flexibility index (Phi) is 4.37. The molecule has 7 nitrogen and oxygen atoms in total. The third-order valence-electron chi connectivity index (χ3n) is 5.47. The molecule has 2 aliphatic heterocycles. The minimum Gasteiger partial charge on any atom is -0.454 e. The van der Waals surface area contributed by atoms with Crippen molar-refractivity contribution < 1.29 is 32.5 Å². The predicted octanol–water partition coefficient (Wildman–Crippen LogP) is 5.17. The van der Waals surface area contributed by atoms with Gasteiger partial charge in [-0.2, -0.15) is 0 Å². The fraction of sp³-hybridized carbons (Fsp3) is 0.130. The molecule has 10 heteroatoms. The van der Waals surface area contributed by atoms with Gasteiger partial charge in [0.15, 0.2) is 23.0 Å². The van der Waals surface area contributed by atoms with Crippen LogP contribution >= 0.6 is 11.3 Å². The quantitative estimate of drug-likeness (QED) is 0.413. The molecule has 0 atom stereocenters. The van der Waals surface area contributed by atoms with E-state index in [0.717, 1.165) is 11.3 Å². The summed E-state index contributed by atoms with van der Waals surface area (Å²) in [4.78, 5) is 18.1. The number of carbonyl (C=O) groups is 1. The van der Waals surface area contributed by atoms with E-state index in [0.29, 0.717) is 39.8 Å². The third kappa shape index (κ3) is 3.13. The van der Waals surface area contributed by atoms with Crippen LogP contribution < -0.4 is 24.7 Å². The Hall–Kier alpha value is -3.92. The highest BCUT2D eigenvalue weighted by atomic mass is 32.1. The lowest BCUT2D eigenvalue weighted by Crippen LogP contribution is -2.02. The van der Waals surface area contributed by atoms with Crippen LogP contribution in [0.4, 0.5) is 14.5 Å². The average Bonchev–Trinajstić information content (AvgIpc) is 3.55. The minimum absolute atomic E-state index is 0.0160. The normalized spacial score (nSPS) is 13.8. The van der Waals surface area contributed by atoms with Gasteiger partial charge in [0.05, 0.1) is 11.4 Å². The number of fused-ring (bicyclic) bond motifs is 3. The number of ether oxygens (including phenoxy) is 4. The summed E-state index contributed by atoms with van der Waals surface area (Å²) in [6.07, 6.45) is -2.81. The molecule has 0 fully saturated rings. The SMILES string of the molecule is Nc1c(C(=O)c2ccc3c(c2)OCO3)sc2nc(-c3ccc4c(c3)OCO4)cc(C(F)F)c12. The average molecular weight is 468 g/mol. The standard InChI is InChI=1S/C23H14F2N2O5S/c24-22(25)12-7-13(10-1-3-14-16(5-10)31-8-29-14)27-23-18(12)19(26)21(33-23)20(28)11-2-4-15-17(6-11)32-9-30-15/h1-7,22H,8-9,26H2. The molecule has 2 aromatic heterocycles. The van der Waals surface area contributed by atoms with Gasteiger partial charge in [-0.1, -0.05) is 0 Å². The zero-order chi connectivity index (χ0) is 22.7. The number of aromatic nitrogens is 1. The summed E-state index contributed by atoms with van der Waals surface area (Å²) in [5.74, 6) is 1.66. The van der Waals surface area contributed by atoms with Crippen LogP contribution in [0.3, 0.4) is 0 Å². The number of hydrogen-bond acceptors (Lipinski definition) is 8. The number of alkyl halides is 2. The number of ketones is 1. The molecular weight excluding hydrogens is 454 g/mol. The summed E-state index contributed by atoms with van der Waals surface area (Å²) >= 11 is 0.979. The molecule has 6 rings (SSSR count). The molecule has 4 aromatic rings. The van der Waals surface area contributed by atoms with Crippen molar-refractivity contribution in [1.29, 1.82) is 0 Å². The maximum atomic E-state index is 14.0. The van der Waals surface area contributed by atoms with Crippen molar-refractivity contribution in [2.24, 2.45) is 0 Å². The summed E-state index contributed by atoms with van der Waals surface area (Å²) in [7, 11) is 0. The van der Waals surface area contributed by atoms with Crippen LogP contribution in [0, 0.1) is 0 Å². The molecule has 0 saturated carbocycles. The first-order valence-electron chi connectivity index (χ1n) is 9.85. The van der Waals surface area contributed by atoms with Gasteiger partial charge < -0.3 is 24.7 Å². The largest absolute Gasteiger partial charge is 0.454 e. The number of rotatable bonds is 4. The molecule has 0 aliphatic carbocycles. The summed E-state index contributed by atoms with van der Waals surface area (Å²) in [5.41, 5.74) is 7.13. The van der Waals surface area contributed by atoms with Crippen LogP contribution in [-0.4, -0.2) is 24.4 Å². The van der Waals surface area contributed by atoms with Crippen LogP contribution in [0.1, 0.15) is 27.2 Å². The van der Waals surface area contributed by atoms with Gasteiger partial charge in [0.2, 0.25) is 19.4 Å². The van der Waals surface area contributed by atoms with Crippen LogP contribution in [0.5, 0.6) is 23.0 Å². The van der Waals surface area contributed by atoms with Gasteiger partial charge in [-0.25, -0.2) is 13.8 Å². The number of hydrogen-bond donors (Lipinski definition) is 1. The fourth-order valence-corrected chi connectivity index (χ4v) is 4.95. The first kappa shape index (κ1) is 19.7. The molecule has 0 unspecified atom stereocenters. The Bertz CT molecular complexity index is 1450. The molecule has 0 amide bonds. The van der Waals surface area contributed by atoms with E-state index in [4.69, 9.17) is 24.7 Å². The van der Waals surface area contributed by atoms with Crippen molar-refractivity contribution >= 4 is 33.0 Å². The Balaban J connectivity index is 1.48. The summed E-state index contributed by atoms with van der Waals surface area (Å²) in [5, 5.41) is 0.0867. The Morgan fingerprint density at radius 3 is 2.33 bits per heavy atom. The van der Waals surface area contributed by atoms with Crippen LogP contribution in [0.15, 0.2) is 42.5 Å². The molecule has 2 N–H and O–H groups in total. The third-order valence-corrected chi connectivity index (χ3v) is 6.57. The maximum Gasteiger partial charge on any atom is 0.264 e. The molecule has 0 spiro atoms. The second-order valence-corrected chi connectivity index (χ2v) is 8.39. The highest BCUT2D eigenvalue weighted by Gasteiger charge is 2.26. The lowest BCUT2D eigenvalue weighted by Gasteiger charge is -2.08. The zero-order valence-electron chi connectivity index (χ0n) is 16.8. The van der Waals surface area contributed by atoms with Gasteiger partial charge in [0, 0.05) is 22.1 Å². The number of nitrogens with two attached hydrogens (primary N) is 1. The lowest BCUT2D eigenvalue weighted by atomic mass is 10.0. The Morgan fingerprint density at radius 2 is 1.61 bits per heavy atom. The van der Waals surface area contributed by atoms with Crippen LogP contribution in [0.2, 0.25) is 0 Å². The van der Waals surface area contributed by atoms with E-state index in [9.17, 15) is 13.6 Å². The fourth-order valence-electron chi connectivity index (χ4n) is 3.86. The van der Waals surface area contributed by atoms with Crippen molar-refractivity contribution in [2.75, 3.05) is 19.3 Å². The minimum atomic E-state index is -2.81. The first-order valence-corrected chi connectivity index (χ1v) is 10.7. The number of pyridine rings is 1. The van der Waals surface area contributed by atoms with E-state index in [2.05, 4.69) is 4.98 Å². The number of carbonyl (C=O) groups excluding carboxylic acids is 1. The summed E-state index contributed by atoms with van der Waals surface area (Å²) < 4.78 is 49.4. The number of anilines is 1. The van der Waals surface area contributed by atoms with E-state index in [1.807, 2.05) is 0 Å². The van der Waals surface area contributed by atoms with Crippen LogP contribution in [-0.2, 0) is 0 Å². The molecule has 33 heavy (non-hydrogen) atoms. The van der Waals surface area contributed by atoms with E-state index >= 15 is 0 Å². The monoisotopic (exact) mass is 468 g/mol. The second kappa shape index (κ2) is 7.31. The summed E-state index contributed by atoms with van der Waals surface area (Å²) in [6, 6.07) is 11.1. The molecule has 0 radical (unpaired) electrons. The first-order chi connectivity index (χ1) is 16.0. The van der Waals surface area contributed by atoms with E-state index in [-0.39, 0.29) is 39.9 Å². The Morgan fingerprint density at radius 1 is 0.939 bits per heavy atom. The molecule has 0 bridgehead atoms. The summed E-state index contributed by atoms with van der Waals surface area (Å²) in [6.45, 7) is 0.169. The van der Waals surface area contributed by atoms with Crippen molar-refractivity contribution in [3.63, 3.8) is 0 Å². The smallest absolute Gasteiger partial charge is 0.264 e. The predicted molar refractivity (Wildman–Crippen MR) is 117 cm³/mol. The highest BCUT2D eigenvalue weighted by molar-refractivity contribution is 7.21. The molecule has 2 aliphatic rings. The Labute approximate surface area is 189 Å². The van der Waals surface area contributed by atoms with Crippen molar-refractivity contribution in [3.8, 4) is 34.3 Å². The molecule has 4 heterocycles. The maximum absolute atomic E-state index is 14.0. The van der Waals surface area contributed by atoms with Crippen molar-refractivity contribution in [3.05, 3.63) is 58.5 Å². The number of nitrogen functional groups attached to an aromatic ring is 1. The molecule has 166 valence electrons. The number of nitrogens with zero attached hydrogens (tertiary/aromatic N) is 1. The van der Waals surface area contributed by atoms with Gasteiger partial charge in [-0.05, 0) is 42.5 Å². The van der Waals surface area contributed by atoms with Crippen molar-refractivity contribution in [1.82, 2.24) is 4.98 Å². The topological polar surface area (TPSA) is 92.9 Å². The highest BCUT2D eigenvalue weighted by Crippen LogP contribution is 2.43. The van der Waals surface area contributed by atoms with Gasteiger partial charge in [0.25, 0.3) is 6.43 Å².